The maximum Gasteiger partial charge on any atom is 0.270 e. The molecule has 0 bridgehead atoms. The second-order valence-corrected chi connectivity index (χ2v) is 8.91. The topological polar surface area (TPSA) is 128 Å². The van der Waals surface area contributed by atoms with Crippen LogP contribution in [0.4, 0.5) is 17.1 Å². The standard InChI is InChI=1S/C28H26N6O3/c1-33-16-25(30-17-33)19-8-10-21(11-9-19)31-27(20-6-4-18(5-7-20)3-2-14-29)26-23-15-22(34(36)37)12-13-24(23)32-28(26)35/h4-13,15-17,31H,2-3,14,29H2,1H3,(H,32,35)/b27-26-. The molecule has 0 spiro atoms. The van der Waals surface area contributed by atoms with Gasteiger partial charge in [0.25, 0.3) is 11.6 Å². The molecular weight excluding hydrogens is 468 g/mol. The predicted octanol–water partition coefficient (Wildman–Crippen LogP) is 4.82. The molecular formula is C28H26N6O3. The Balaban J connectivity index is 1.58. The third-order valence-corrected chi connectivity index (χ3v) is 6.28. The largest absolute Gasteiger partial charge is 0.354 e. The summed E-state index contributed by atoms with van der Waals surface area (Å²) in [7, 11) is 1.92. The molecule has 2 heterocycles. The van der Waals surface area contributed by atoms with Gasteiger partial charge in [0.15, 0.2) is 0 Å². The van der Waals surface area contributed by atoms with Crippen LogP contribution in [0.25, 0.3) is 22.5 Å². The number of anilines is 2. The first-order chi connectivity index (χ1) is 17.9. The number of aryl methyl sites for hydroxylation is 2. The summed E-state index contributed by atoms with van der Waals surface area (Å²) < 4.78 is 1.89. The fourth-order valence-electron chi connectivity index (χ4n) is 4.37. The van der Waals surface area contributed by atoms with Crippen molar-refractivity contribution in [3.05, 3.63) is 106 Å². The zero-order chi connectivity index (χ0) is 25.9. The number of carbonyl (C=O) groups is 1. The molecule has 1 aliphatic heterocycles. The Labute approximate surface area is 213 Å². The highest BCUT2D eigenvalue weighted by atomic mass is 16.6. The minimum absolute atomic E-state index is 0.0797. The lowest BCUT2D eigenvalue weighted by Crippen LogP contribution is -2.10. The summed E-state index contributed by atoms with van der Waals surface area (Å²) in [4.78, 5) is 28.5. The number of nitro benzene ring substituents is 1. The maximum atomic E-state index is 13.2. The number of non-ortho nitro benzene ring substituents is 1. The molecule has 5 rings (SSSR count). The summed E-state index contributed by atoms with van der Waals surface area (Å²) >= 11 is 0. The summed E-state index contributed by atoms with van der Waals surface area (Å²) in [5.41, 5.74) is 12.0. The first-order valence-electron chi connectivity index (χ1n) is 11.9. The van der Waals surface area contributed by atoms with Gasteiger partial charge in [0.2, 0.25) is 0 Å². The van der Waals surface area contributed by atoms with Gasteiger partial charge in [-0.1, -0.05) is 36.4 Å². The van der Waals surface area contributed by atoms with Gasteiger partial charge in [0.1, 0.15) is 0 Å². The van der Waals surface area contributed by atoms with Crippen LogP contribution in [0.1, 0.15) is 23.1 Å². The van der Waals surface area contributed by atoms with Gasteiger partial charge in [-0.05, 0) is 48.7 Å². The van der Waals surface area contributed by atoms with E-state index in [0.29, 0.717) is 29.1 Å². The van der Waals surface area contributed by atoms with Crippen LogP contribution in [0.2, 0.25) is 0 Å². The van der Waals surface area contributed by atoms with E-state index < -0.39 is 4.92 Å². The number of hydrogen-bond acceptors (Lipinski definition) is 6. The molecule has 186 valence electrons. The van der Waals surface area contributed by atoms with Gasteiger partial charge < -0.3 is 20.9 Å². The van der Waals surface area contributed by atoms with E-state index in [1.807, 2.05) is 66.3 Å². The Morgan fingerprint density at radius 3 is 2.51 bits per heavy atom. The monoisotopic (exact) mass is 494 g/mol. The molecule has 3 aromatic carbocycles. The van der Waals surface area contributed by atoms with E-state index in [9.17, 15) is 14.9 Å². The Kier molecular flexibility index (Phi) is 6.53. The van der Waals surface area contributed by atoms with Crippen LogP contribution in [0.15, 0.2) is 79.3 Å². The molecule has 1 aromatic heterocycles. The van der Waals surface area contributed by atoms with Crippen molar-refractivity contribution in [3.8, 4) is 11.3 Å². The van der Waals surface area contributed by atoms with Gasteiger partial charge >= 0.3 is 0 Å². The highest BCUT2D eigenvalue weighted by Gasteiger charge is 2.30. The summed E-state index contributed by atoms with van der Waals surface area (Å²) in [5.74, 6) is -0.324. The summed E-state index contributed by atoms with van der Waals surface area (Å²) in [6.07, 6.45) is 5.43. The van der Waals surface area contributed by atoms with Crippen LogP contribution in [0, 0.1) is 10.1 Å². The maximum absolute atomic E-state index is 13.2. The van der Waals surface area contributed by atoms with E-state index in [4.69, 9.17) is 5.73 Å². The van der Waals surface area contributed by atoms with E-state index >= 15 is 0 Å². The molecule has 0 saturated heterocycles. The third kappa shape index (κ3) is 4.98. The highest BCUT2D eigenvalue weighted by Crippen LogP contribution is 2.39. The third-order valence-electron chi connectivity index (χ3n) is 6.28. The lowest BCUT2D eigenvalue weighted by atomic mass is 9.98. The lowest BCUT2D eigenvalue weighted by molar-refractivity contribution is -0.384. The minimum Gasteiger partial charge on any atom is -0.354 e. The Hall–Kier alpha value is -4.76. The van der Waals surface area contributed by atoms with Gasteiger partial charge in [-0.25, -0.2) is 4.98 Å². The second-order valence-electron chi connectivity index (χ2n) is 8.91. The molecule has 4 N–H and O–H groups in total. The van der Waals surface area contributed by atoms with Crippen LogP contribution in [-0.4, -0.2) is 26.9 Å². The molecule has 1 amide bonds. The van der Waals surface area contributed by atoms with Gasteiger partial charge in [-0.15, -0.1) is 0 Å². The Morgan fingerprint density at radius 1 is 1.11 bits per heavy atom. The van der Waals surface area contributed by atoms with Crippen molar-refractivity contribution >= 4 is 34.2 Å². The predicted molar refractivity (Wildman–Crippen MR) is 145 cm³/mol. The Bertz CT molecular complexity index is 1500. The van der Waals surface area contributed by atoms with E-state index in [2.05, 4.69) is 15.6 Å². The van der Waals surface area contributed by atoms with Crippen molar-refractivity contribution in [3.63, 3.8) is 0 Å². The van der Waals surface area contributed by atoms with Crippen LogP contribution in [0.3, 0.4) is 0 Å². The first kappa shape index (κ1) is 24.0. The number of imidazole rings is 1. The fourth-order valence-corrected chi connectivity index (χ4v) is 4.37. The zero-order valence-electron chi connectivity index (χ0n) is 20.3. The van der Waals surface area contributed by atoms with Gasteiger partial charge in [0.05, 0.1) is 28.2 Å². The molecule has 0 saturated carbocycles. The molecule has 9 nitrogen and oxygen atoms in total. The van der Waals surface area contributed by atoms with E-state index in [0.717, 1.165) is 40.9 Å². The number of nitrogens with two attached hydrogens (primary N) is 1. The number of aromatic nitrogens is 2. The lowest BCUT2D eigenvalue weighted by Gasteiger charge is -2.16. The second kappa shape index (κ2) is 10.1. The van der Waals surface area contributed by atoms with Gasteiger partial charge in [0, 0.05) is 47.9 Å². The van der Waals surface area contributed by atoms with Crippen molar-refractivity contribution in [2.75, 3.05) is 17.2 Å². The molecule has 0 fully saturated rings. The van der Waals surface area contributed by atoms with E-state index in [-0.39, 0.29) is 11.6 Å². The number of nitrogens with one attached hydrogen (secondary N) is 2. The van der Waals surface area contributed by atoms with Crippen LogP contribution in [-0.2, 0) is 18.3 Å². The van der Waals surface area contributed by atoms with E-state index in [1.165, 1.54) is 12.1 Å². The van der Waals surface area contributed by atoms with Crippen molar-refractivity contribution in [2.24, 2.45) is 12.8 Å². The average Bonchev–Trinajstić information content (AvgIpc) is 3.48. The van der Waals surface area contributed by atoms with Crippen LogP contribution < -0.4 is 16.4 Å². The van der Waals surface area contributed by atoms with Crippen molar-refractivity contribution < 1.29 is 9.72 Å². The summed E-state index contributed by atoms with van der Waals surface area (Å²) in [5, 5.41) is 17.7. The number of amides is 1. The van der Waals surface area contributed by atoms with Crippen LogP contribution >= 0.6 is 0 Å². The van der Waals surface area contributed by atoms with Crippen molar-refractivity contribution in [2.45, 2.75) is 12.8 Å². The molecule has 4 aromatic rings. The number of carbonyl (C=O) groups excluding carboxylic acids is 1. The molecule has 1 aliphatic rings. The number of nitro groups is 1. The Morgan fingerprint density at radius 2 is 1.86 bits per heavy atom. The minimum atomic E-state index is -0.462. The highest BCUT2D eigenvalue weighted by molar-refractivity contribution is 6.37. The van der Waals surface area contributed by atoms with Crippen molar-refractivity contribution in [1.82, 2.24) is 9.55 Å². The summed E-state index contributed by atoms with van der Waals surface area (Å²) in [6, 6.07) is 20.1. The molecule has 0 aliphatic carbocycles. The molecule has 37 heavy (non-hydrogen) atoms. The summed E-state index contributed by atoms with van der Waals surface area (Å²) in [6.45, 7) is 0.614. The van der Waals surface area contributed by atoms with E-state index in [1.54, 1.807) is 12.4 Å². The zero-order valence-corrected chi connectivity index (χ0v) is 20.3. The smallest absolute Gasteiger partial charge is 0.270 e. The molecule has 9 heteroatoms. The first-order valence-corrected chi connectivity index (χ1v) is 11.9. The van der Waals surface area contributed by atoms with Gasteiger partial charge in [-0.3, -0.25) is 14.9 Å². The molecule has 0 radical (unpaired) electrons. The quantitative estimate of drug-likeness (QED) is 0.183. The normalized spacial score (nSPS) is 13.7. The van der Waals surface area contributed by atoms with Crippen LogP contribution in [0.5, 0.6) is 0 Å². The number of fused-ring (bicyclic) bond motifs is 1. The molecule has 0 atom stereocenters. The number of rotatable bonds is 8. The average molecular weight is 495 g/mol. The fraction of sp³-hybridized carbons (Fsp3) is 0.143. The van der Waals surface area contributed by atoms with Gasteiger partial charge in [-0.2, -0.15) is 0 Å². The SMILES string of the molecule is Cn1cnc(-c2ccc(N/C(=C3\C(=O)Nc4ccc([N+](=O)[O-])cc43)c3ccc(CCCN)cc3)cc2)c1. The number of hydrogen-bond donors (Lipinski definition) is 3. The van der Waals surface area contributed by atoms with Crippen molar-refractivity contribution in [1.29, 1.82) is 0 Å². The number of benzene rings is 3. The number of nitrogens with zero attached hydrogens (tertiary/aromatic N) is 3. The molecule has 0 unspecified atom stereocenters.